The lowest BCUT2D eigenvalue weighted by Crippen LogP contribution is -1.96. The Hall–Kier alpha value is -2.12. The Morgan fingerprint density at radius 2 is 1.84 bits per heavy atom. The van der Waals surface area contributed by atoms with Crippen LogP contribution in [0.3, 0.4) is 0 Å². The van der Waals surface area contributed by atoms with Gasteiger partial charge < -0.3 is 11.1 Å². The van der Waals surface area contributed by atoms with Crippen molar-refractivity contribution in [2.45, 2.75) is 11.3 Å². The van der Waals surface area contributed by atoms with Gasteiger partial charge in [-0.3, -0.25) is 0 Å². The summed E-state index contributed by atoms with van der Waals surface area (Å²) < 4.78 is 0. The second-order valence-corrected chi connectivity index (χ2v) is 4.98. The monoisotopic (exact) mass is 269 g/mol. The van der Waals surface area contributed by atoms with Crippen LogP contribution in [0, 0.1) is 11.3 Å². The molecule has 0 unspecified atom stereocenters. The third-order valence-electron chi connectivity index (χ3n) is 2.79. The van der Waals surface area contributed by atoms with Crippen molar-refractivity contribution in [2.24, 2.45) is 0 Å². The van der Waals surface area contributed by atoms with Crippen LogP contribution >= 0.6 is 11.8 Å². The van der Waals surface area contributed by atoms with Crippen molar-refractivity contribution < 1.29 is 0 Å². The predicted molar refractivity (Wildman–Crippen MR) is 81.7 cm³/mol. The number of benzene rings is 2. The van der Waals surface area contributed by atoms with Crippen LogP contribution in [0.15, 0.2) is 47.4 Å². The van der Waals surface area contributed by atoms with E-state index in [1.54, 1.807) is 11.8 Å². The van der Waals surface area contributed by atoms with Gasteiger partial charge in [0, 0.05) is 22.0 Å². The number of nitrogens with one attached hydrogen (secondary N) is 1. The van der Waals surface area contributed by atoms with Gasteiger partial charge >= 0.3 is 0 Å². The molecular weight excluding hydrogens is 254 g/mol. The second kappa shape index (κ2) is 6.17. The van der Waals surface area contributed by atoms with Crippen molar-refractivity contribution in [1.29, 1.82) is 5.26 Å². The van der Waals surface area contributed by atoms with Crippen molar-refractivity contribution in [3.63, 3.8) is 0 Å². The molecule has 2 aromatic carbocycles. The number of hydrogen-bond acceptors (Lipinski definition) is 4. The van der Waals surface area contributed by atoms with E-state index in [0.29, 0.717) is 12.1 Å². The average Bonchev–Trinajstić information content (AvgIpc) is 2.44. The minimum atomic E-state index is 0.326. The Balaban J connectivity index is 2.18. The predicted octanol–water partition coefficient (Wildman–Crippen LogP) is 3.80. The van der Waals surface area contributed by atoms with Gasteiger partial charge in [-0.05, 0) is 54.3 Å². The van der Waals surface area contributed by atoms with Crippen molar-refractivity contribution in [1.82, 2.24) is 0 Å². The summed E-state index contributed by atoms with van der Waals surface area (Å²) in [5.41, 5.74) is 9.30. The molecule has 96 valence electrons. The van der Waals surface area contributed by atoms with E-state index in [2.05, 4.69) is 29.8 Å². The molecule has 3 N–H and O–H groups in total. The Kier molecular flexibility index (Phi) is 4.32. The number of nitrogens with zero attached hydrogens (tertiary/aromatic N) is 1. The minimum absolute atomic E-state index is 0.326. The lowest BCUT2D eigenvalue weighted by Gasteiger charge is -2.09. The van der Waals surface area contributed by atoms with Crippen molar-refractivity contribution >= 4 is 28.8 Å². The quantitative estimate of drug-likeness (QED) is 0.654. The first-order chi connectivity index (χ1) is 9.22. The fourth-order valence-electron chi connectivity index (χ4n) is 1.76. The van der Waals surface area contributed by atoms with Crippen LogP contribution < -0.4 is 11.1 Å². The van der Waals surface area contributed by atoms with Crippen LogP contribution in [0.25, 0.3) is 0 Å². The first kappa shape index (κ1) is 13.3. The highest BCUT2D eigenvalue weighted by molar-refractivity contribution is 7.98. The zero-order valence-corrected chi connectivity index (χ0v) is 11.5. The molecule has 4 heteroatoms. The molecule has 0 amide bonds. The van der Waals surface area contributed by atoms with E-state index in [9.17, 15) is 0 Å². The van der Waals surface area contributed by atoms with Crippen molar-refractivity contribution in [3.8, 4) is 6.07 Å². The zero-order valence-electron chi connectivity index (χ0n) is 10.7. The Labute approximate surface area is 117 Å². The summed E-state index contributed by atoms with van der Waals surface area (Å²) in [6.07, 6.45) is 2.38. The molecule has 0 saturated heterocycles. The van der Waals surface area contributed by atoms with E-state index in [1.165, 1.54) is 4.90 Å². The molecule has 0 heterocycles. The topological polar surface area (TPSA) is 61.8 Å². The number of hydrogen-bond donors (Lipinski definition) is 2. The SMILES string of the molecule is CSc1ccc(Nc2ccc(N)c(CC#N)c2)cc1. The van der Waals surface area contributed by atoms with Crippen LogP contribution in [0.1, 0.15) is 5.56 Å². The third kappa shape index (κ3) is 3.43. The summed E-state index contributed by atoms with van der Waals surface area (Å²) in [5.74, 6) is 0. The summed E-state index contributed by atoms with van der Waals surface area (Å²) in [6.45, 7) is 0. The smallest absolute Gasteiger partial charge is 0.0670 e. The lowest BCUT2D eigenvalue weighted by atomic mass is 10.1. The van der Waals surface area contributed by atoms with Gasteiger partial charge in [-0.1, -0.05) is 0 Å². The molecule has 0 aliphatic carbocycles. The summed E-state index contributed by atoms with van der Waals surface area (Å²) in [5, 5.41) is 12.1. The van der Waals surface area contributed by atoms with Crippen LogP contribution in [0.2, 0.25) is 0 Å². The van der Waals surface area contributed by atoms with Gasteiger partial charge in [0.05, 0.1) is 12.5 Å². The molecule has 0 spiro atoms. The van der Waals surface area contributed by atoms with Crippen molar-refractivity contribution in [2.75, 3.05) is 17.3 Å². The maximum atomic E-state index is 8.75. The highest BCUT2D eigenvalue weighted by atomic mass is 32.2. The van der Waals surface area contributed by atoms with E-state index < -0.39 is 0 Å². The summed E-state index contributed by atoms with van der Waals surface area (Å²) in [7, 11) is 0. The van der Waals surface area contributed by atoms with E-state index in [-0.39, 0.29) is 0 Å². The van der Waals surface area contributed by atoms with E-state index in [4.69, 9.17) is 11.0 Å². The number of nitriles is 1. The van der Waals surface area contributed by atoms with Gasteiger partial charge in [0.25, 0.3) is 0 Å². The molecular formula is C15H15N3S. The molecule has 0 saturated carbocycles. The molecule has 0 aromatic heterocycles. The first-order valence-corrected chi connectivity index (χ1v) is 7.12. The van der Waals surface area contributed by atoms with Gasteiger partial charge in [0.1, 0.15) is 0 Å². The van der Waals surface area contributed by atoms with Crippen LogP contribution in [0.4, 0.5) is 17.1 Å². The van der Waals surface area contributed by atoms with Crippen LogP contribution in [-0.4, -0.2) is 6.26 Å². The normalized spacial score (nSPS) is 9.89. The average molecular weight is 269 g/mol. The van der Waals surface area contributed by atoms with Gasteiger partial charge in [-0.15, -0.1) is 11.8 Å². The zero-order chi connectivity index (χ0) is 13.7. The number of nitrogens with two attached hydrogens (primary N) is 1. The molecule has 0 bridgehead atoms. The summed E-state index contributed by atoms with van der Waals surface area (Å²) >= 11 is 1.71. The Morgan fingerprint density at radius 1 is 1.16 bits per heavy atom. The highest BCUT2D eigenvalue weighted by Gasteiger charge is 2.01. The molecule has 0 aliphatic heterocycles. The van der Waals surface area contributed by atoms with Crippen molar-refractivity contribution in [3.05, 3.63) is 48.0 Å². The van der Waals surface area contributed by atoms with E-state index in [1.807, 2.05) is 30.3 Å². The fourth-order valence-corrected chi connectivity index (χ4v) is 2.17. The van der Waals surface area contributed by atoms with Crippen LogP contribution in [-0.2, 0) is 6.42 Å². The molecule has 2 rings (SSSR count). The van der Waals surface area contributed by atoms with E-state index >= 15 is 0 Å². The third-order valence-corrected chi connectivity index (χ3v) is 3.53. The standard InChI is InChI=1S/C15H15N3S/c1-19-14-5-2-12(3-6-14)18-13-4-7-15(17)11(10-13)8-9-16/h2-7,10,18H,8,17H2,1H3. The number of thioether (sulfide) groups is 1. The summed E-state index contributed by atoms with van der Waals surface area (Å²) in [6, 6.07) is 16.0. The fraction of sp³-hybridized carbons (Fsp3) is 0.133. The Morgan fingerprint density at radius 3 is 2.47 bits per heavy atom. The molecule has 19 heavy (non-hydrogen) atoms. The largest absolute Gasteiger partial charge is 0.398 e. The van der Waals surface area contributed by atoms with Gasteiger partial charge in [-0.25, -0.2) is 0 Å². The Bertz CT molecular complexity index is 600. The highest BCUT2D eigenvalue weighted by Crippen LogP contribution is 2.23. The molecule has 2 aromatic rings. The van der Waals surface area contributed by atoms with E-state index in [0.717, 1.165) is 16.9 Å². The number of rotatable bonds is 4. The number of anilines is 3. The lowest BCUT2D eigenvalue weighted by molar-refractivity contribution is 1.27. The molecule has 3 nitrogen and oxygen atoms in total. The molecule has 0 aliphatic rings. The maximum absolute atomic E-state index is 8.75. The minimum Gasteiger partial charge on any atom is -0.398 e. The summed E-state index contributed by atoms with van der Waals surface area (Å²) in [4.78, 5) is 1.23. The van der Waals surface area contributed by atoms with Crippen LogP contribution in [0.5, 0.6) is 0 Å². The number of nitrogen functional groups attached to an aromatic ring is 1. The molecule has 0 fully saturated rings. The van der Waals surface area contributed by atoms with Gasteiger partial charge in [-0.2, -0.15) is 5.26 Å². The first-order valence-electron chi connectivity index (χ1n) is 5.89. The molecule has 0 radical (unpaired) electrons. The maximum Gasteiger partial charge on any atom is 0.0670 e. The second-order valence-electron chi connectivity index (χ2n) is 4.10. The molecule has 0 atom stereocenters. The van der Waals surface area contributed by atoms with Gasteiger partial charge in [0.15, 0.2) is 0 Å². The van der Waals surface area contributed by atoms with Gasteiger partial charge in [0.2, 0.25) is 0 Å².